The Bertz CT molecular complexity index is 1020. The molecule has 0 aromatic heterocycles. The topological polar surface area (TPSA) is 34.1 Å². The number of benzene rings is 2. The minimum absolute atomic E-state index is 0.0279. The summed E-state index contributed by atoms with van der Waals surface area (Å²) >= 11 is 17.1. The molecule has 178 valence electrons. The lowest BCUT2D eigenvalue weighted by atomic mass is 9.79. The number of Topliss-reactive ketones (excluding diaryl/α,β-unsaturated/α-hetero) is 1. The van der Waals surface area contributed by atoms with Gasteiger partial charge in [0.2, 0.25) is 9.58 Å². The summed E-state index contributed by atoms with van der Waals surface area (Å²) in [5, 5.41) is 0. The maximum absolute atomic E-state index is 12.5. The Morgan fingerprint density at radius 2 is 1.22 bits per heavy atom. The number of carbonyl (C=O) groups is 1. The molecule has 2 nitrogen and oxygen atoms in total. The molecule has 0 aliphatic heterocycles. The van der Waals surface area contributed by atoms with Crippen LogP contribution in [-0.2, 0) is 17.9 Å². The Labute approximate surface area is 193 Å². The molecule has 2 aromatic carbocycles. The van der Waals surface area contributed by atoms with Crippen LogP contribution < -0.4 is 5.46 Å². The normalized spacial score (nSPS) is 12.3. The zero-order valence-corrected chi connectivity index (χ0v) is 19.1. The molecule has 15 heteroatoms. The standard InChI is InChI=1S/C11H12Cl3O2S.C6BF8/c1-17(2,16)7-10(15)8-3-5-9(6-4-8)11(12,13)14;8-2-1(7(13,14)15)3(9)5(11)6(12)4(2)10/h3-6H,7H2,1-2H3;/q+1;-1. The third-order valence-electron chi connectivity index (χ3n) is 3.58. The predicted octanol–water partition coefficient (Wildman–Crippen LogP) is 5.89. The van der Waals surface area contributed by atoms with E-state index in [0.717, 1.165) is 0 Å². The molecule has 0 saturated heterocycles. The molecular formula is C17H12BCl3F8O2S. The number of halogens is 11. The van der Waals surface area contributed by atoms with Crippen molar-refractivity contribution in [1.29, 1.82) is 0 Å². The third kappa shape index (κ3) is 7.60. The highest BCUT2D eigenvalue weighted by atomic mass is 35.6. The van der Waals surface area contributed by atoms with Gasteiger partial charge < -0.3 is 12.9 Å². The number of ketones is 1. The van der Waals surface area contributed by atoms with Crippen LogP contribution in [0.3, 0.4) is 0 Å². The van der Waals surface area contributed by atoms with E-state index in [4.69, 9.17) is 34.8 Å². The zero-order valence-electron chi connectivity index (χ0n) is 16.0. The highest BCUT2D eigenvalue weighted by Crippen LogP contribution is 2.38. The lowest BCUT2D eigenvalue weighted by molar-refractivity contribution is 0.102. The van der Waals surface area contributed by atoms with Gasteiger partial charge in [-0.05, 0) is 5.46 Å². The van der Waals surface area contributed by atoms with Crippen molar-refractivity contribution in [3.8, 4) is 0 Å². The molecule has 0 atom stereocenters. The van der Waals surface area contributed by atoms with Gasteiger partial charge in [0, 0.05) is 11.1 Å². The highest BCUT2D eigenvalue weighted by molar-refractivity contribution is 8.02. The van der Waals surface area contributed by atoms with Crippen molar-refractivity contribution < 1.29 is 43.9 Å². The first-order valence-electron chi connectivity index (χ1n) is 8.11. The number of hydrogen-bond donors (Lipinski definition) is 0. The van der Waals surface area contributed by atoms with Crippen LogP contribution in [0.5, 0.6) is 0 Å². The van der Waals surface area contributed by atoms with E-state index in [2.05, 4.69) is 0 Å². The van der Waals surface area contributed by atoms with Crippen LogP contribution in [-0.4, -0.2) is 31.0 Å². The maximum Gasteiger partial charge on any atom is 0.515 e. The minimum atomic E-state index is -6.30. The van der Waals surface area contributed by atoms with Gasteiger partial charge in [-0.3, -0.25) is 4.79 Å². The van der Waals surface area contributed by atoms with Crippen LogP contribution >= 0.6 is 34.8 Å². The van der Waals surface area contributed by atoms with Gasteiger partial charge in [-0.1, -0.05) is 59.1 Å². The van der Waals surface area contributed by atoms with Crippen molar-refractivity contribution >= 4 is 63.0 Å². The van der Waals surface area contributed by atoms with E-state index in [0.29, 0.717) is 11.1 Å². The van der Waals surface area contributed by atoms with Gasteiger partial charge in [-0.2, -0.15) is 0 Å². The van der Waals surface area contributed by atoms with E-state index in [1.807, 2.05) is 0 Å². The van der Waals surface area contributed by atoms with Crippen molar-refractivity contribution in [3.05, 3.63) is 64.5 Å². The smallest absolute Gasteiger partial charge is 0.445 e. The summed E-state index contributed by atoms with van der Waals surface area (Å²) in [5.41, 5.74) is -1.77. The Kier molecular flexibility index (Phi) is 9.20. The summed E-state index contributed by atoms with van der Waals surface area (Å²) in [6.45, 7) is -6.30. The Hall–Kier alpha value is -1.37. The fraction of sp³-hybridized carbons (Fsp3) is 0.235. The lowest BCUT2D eigenvalue weighted by Gasteiger charge is -2.17. The molecule has 0 fully saturated rings. The summed E-state index contributed by atoms with van der Waals surface area (Å²) in [6, 6.07) is 6.30. The summed E-state index contributed by atoms with van der Waals surface area (Å²) < 4.78 is 108. The molecular weight excluding hydrogens is 537 g/mol. The number of alkyl halides is 3. The largest absolute Gasteiger partial charge is 0.515 e. The first-order chi connectivity index (χ1) is 14.3. The lowest BCUT2D eigenvalue weighted by Crippen LogP contribution is -2.41. The second kappa shape index (κ2) is 10.3. The van der Waals surface area contributed by atoms with Crippen LogP contribution in [0.25, 0.3) is 0 Å². The molecule has 0 amide bonds. The van der Waals surface area contributed by atoms with Crippen LogP contribution in [0.2, 0.25) is 0 Å². The van der Waals surface area contributed by atoms with Crippen LogP contribution in [0.15, 0.2) is 24.3 Å². The second-order valence-electron chi connectivity index (χ2n) is 6.64. The molecule has 0 aliphatic carbocycles. The average molecular weight is 550 g/mol. The summed E-state index contributed by atoms with van der Waals surface area (Å²) in [7, 11) is -2.09. The SMILES string of the molecule is C[S+](C)(=O)CC(=O)c1ccc(C(Cl)(Cl)Cl)cc1.Fc1c(F)c(F)c([B-](F)(F)F)c(F)c1F. The average Bonchev–Trinajstić information content (AvgIpc) is 2.62. The second-order valence-corrected chi connectivity index (χ2v) is 12.1. The molecule has 0 N–H and O–H groups in total. The Morgan fingerprint density at radius 3 is 1.53 bits per heavy atom. The maximum atomic E-state index is 12.5. The fourth-order valence-corrected chi connectivity index (χ4v) is 3.33. The molecule has 0 bridgehead atoms. The molecule has 2 aromatic rings. The monoisotopic (exact) mass is 548 g/mol. The Morgan fingerprint density at radius 1 is 0.844 bits per heavy atom. The van der Waals surface area contributed by atoms with Gasteiger partial charge in [-0.15, -0.1) is 4.21 Å². The van der Waals surface area contributed by atoms with Gasteiger partial charge in [-0.25, -0.2) is 22.0 Å². The van der Waals surface area contributed by atoms with E-state index in [1.165, 1.54) is 0 Å². The van der Waals surface area contributed by atoms with Crippen LogP contribution in [0.4, 0.5) is 34.9 Å². The molecule has 2 rings (SSSR count). The number of hydrogen-bond acceptors (Lipinski definition) is 2. The highest BCUT2D eigenvalue weighted by Gasteiger charge is 2.37. The zero-order chi connectivity index (χ0) is 25.2. The van der Waals surface area contributed by atoms with E-state index < -0.39 is 55.3 Å². The van der Waals surface area contributed by atoms with E-state index in [-0.39, 0.29) is 11.5 Å². The molecule has 0 heterocycles. The quantitative estimate of drug-likeness (QED) is 0.0907. The number of rotatable bonds is 4. The van der Waals surface area contributed by atoms with E-state index >= 15 is 0 Å². The molecule has 32 heavy (non-hydrogen) atoms. The fourth-order valence-electron chi connectivity index (χ4n) is 2.15. The van der Waals surface area contributed by atoms with E-state index in [1.54, 1.807) is 36.8 Å². The van der Waals surface area contributed by atoms with Crippen molar-refractivity contribution in [2.24, 2.45) is 0 Å². The van der Waals surface area contributed by atoms with Crippen molar-refractivity contribution in [1.82, 2.24) is 0 Å². The molecule has 0 saturated carbocycles. The van der Waals surface area contributed by atoms with Crippen LogP contribution in [0.1, 0.15) is 15.9 Å². The predicted molar refractivity (Wildman–Crippen MR) is 110 cm³/mol. The Balaban J connectivity index is 0.000000323. The molecule has 0 unspecified atom stereocenters. The van der Waals surface area contributed by atoms with Gasteiger partial charge >= 0.3 is 6.98 Å². The van der Waals surface area contributed by atoms with Crippen molar-refractivity contribution in [2.75, 3.05) is 18.3 Å². The minimum Gasteiger partial charge on any atom is -0.445 e. The van der Waals surface area contributed by atoms with E-state index in [9.17, 15) is 43.9 Å². The summed E-state index contributed by atoms with van der Waals surface area (Å²) in [5.74, 6) is -13.7. The summed E-state index contributed by atoms with van der Waals surface area (Å²) in [4.78, 5) is 11.7. The molecule has 0 aliphatic rings. The van der Waals surface area contributed by atoms with Gasteiger partial charge in [0.05, 0.1) is 9.93 Å². The van der Waals surface area contributed by atoms with Crippen molar-refractivity contribution in [2.45, 2.75) is 3.79 Å². The first-order valence-corrected chi connectivity index (χ1v) is 11.8. The molecule has 0 radical (unpaired) electrons. The molecule has 0 spiro atoms. The van der Waals surface area contributed by atoms with Crippen molar-refractivity contribution in [3.63, 3.8) is 0 Å². The van der Waals surface area contributed by atoms with Crippen LogP contribution in [0, 0.1) is 29.1 Å². The van der Waals surface area contributed by atoms with Gasteiger partial charge in [0.1, 0.15) is 24.1 Å². The first kappa shape index (κ1) is 28.7. The van der Waals surface area contributed by atoms with Gasteiger partial charge in [0.25, 0.3) is 0 Å². The number of carbonyl (C=O) groups excluding carboxylic acids is 1. The third-order valence-corrected chi connectivity index (χ3v) is 5.20. The van der Waals surface area contributed by atoms with Gasteiger partial charge in [0.15, 0.2) is 23.2 Å². The summed E-state index contributed by atoms with van der Waals surface area (Å²) in [6.07, 6.45) is 3.11.